The summed E-state index contributed by atoms with van der Waals surface area (Å²) in [7, 11) is 0. The molecule has 0 saturated heterocycles. The molecule has 0 unspecified atom stereocenters. The van der Waals surface area contributed by atoms with Crippen molar-refractivity contribution in [1.29, 1.82) is 0 Å². The summed E-state index contributed by atoms with van der Waals surface area (Å²) in [5.74, 6) is 0. The molecular weight excluding hydrogens is 866 g/mol. The standard InChI is InChI=1S/C65H80BN3S/c1-59(2,3)40-24-22-39(23-25-40)58-67-51-38-53-50(37-56(51)70-58)66-49-34-41(60(4,5)6)26-27-52(49)68(47-30-42(61(7,8)9)28-43(31-47)62(10,11)12)54-35-46(65(19,20)21)36-55(57(54)66)69(53)48-32-44(63(13,14)15)29-45(33-48)64(16,17)18/h22-38H,1-21H3. The Morgan fingerprint density at radius 2 is 0.743 bits per heavy atom. The van der Waals surface area contributed by atoms with Gasteiger partial charge in [-0.05, 0) is 148 Å². The molecule has 1 aromatic heterocycles. The van der Waals surface area contributed by atoms with E-state index in [4.69, 9.17) is 4.98 Å². The molecule has 3 nitrogen and oxygen atoms in total. The fourth-order valence-electron chi connectivity index (χ4n) is 10.3. The lowest BCUT2D eigenvalue weighted by Gasteiger charge is -2.46. The Hall–Kier alpha value is -5.13. The fraction of sp³-hybridized carbons (Fsp3) is 0.431. The number of benzene rings is 6. The first-order chi connectivity index (χ1) is 32.1. The topological polar surface area (TPSA) is 19.4 Å². The average molecular weight is 946 g/mol. The van der Waals surface area contributed by atoms with Crippen LogP contribution in [0.4, 0.5) is 34.1 Å². The normalized spacial score (nSPS) is 14.6. The van der Waals surface area contributed by atoms with Crippen LogP contribution in [-0.2, 0) is 37.9 Å². The van der Waals surface area contributed by atoms with Gasteiger partial charge in [0.15, 0.2) is 0 Å². The van der Waals surface area contributed by atoms with E-state index in [1.54, 1.807) is 0 Å². The van der Waals surface area contributed by atoms with Crippen LogP contribution in [0.15, 0.2) is 103 Å². The molecule has 3 heterocycles. The molecule has 5 heteroatoms. The van der Waals surface area contributed by atoms with Crippen LogP contribution in [0.5, 0.6) is 0 Å². The van der Waals surface area contributed by atoms with Crippen molar-refractivity contribution in [2.45, 2.75) is 183 Å². The molecule has 0 saturated carbocycles. The molecule has 0 bridgehead atoms. The molecule has 0 fully saturated rings. The summed E-state index contributed by atoms with van der Waals surface area (Å²) in [4.78, 5) is 10.8. The second kappa shape index (κ2) is 16.2. The molecule has 0 spiro atoms. The van der Waals surface area contributed by atoms with E-state index in [0.717, 1.165) is 16.1 Å². The van der Waals surface area contributed by atoms with Gasteiger partial charge in [0, 0.05) is 39.7 Å². The predicted octanol–water partition coefficient (Wildman–Crippen LogP) is 17.1. The third kappa shape index (κ3) is 8.96. The number of fused-ring (bicyclic) bond motifs is 5. The quantitative estimate of drug-likeness (QED) is 0.165. The smallest absolute Gasteiger partial charge is 0.252 e. The van der Waals surface area contributed by atoms with Gasteiger partial charge in [-0.1, -0.05) is 194 Å². The minimum Gasteiger partial charge on any atom is -0.311 e. The Kier molecular flexibility index (Phi) is 11.5. The molecule has 9 rings (SSSR count). The summed E-state index contributed by atoms with van der Waals surface area (Å²) in [6.45, 7) is 49.3. The zero-order chi connectivity index (χ0) is 51.2. The van der Waals surface area contributed by atoms with E-state index >= 15 is 0 Å². The van der Waals surface area contributed by atoms with E-state index < -0.39 is 0 Å². The van der Waals surface area contributed by atoms with Crippen molar-refractivity contribution < 1.29 is 0 Å². The van der Waals surface area contributed by atoms with Crippen molar-refractivity contribution in [1.82, 2.24) is 4.98 Å². The highest BCUT2D eigenvalue weighted by atomic mass is 32.1. The Balaban J connectivity index is 1.44. The van der Waals surface area contributed by atoms with E-state index in [-0.39, 0.29) is 44.6 Å². The van der Waals surface area contributed by atoms with Crippen LogP contribution in [0.2, 0.25) is 0 Å². The van der Waals surface area contributed by atoms with E-state index in [1.165, 1.54) is 94.2 Å². The maximum absolute atomic E-state index is 5.50. The minimum atomic E-state index is -0.140. The maximum Gasteiger partial charge on any atom is 0.252 e. The van der Waals surface area contributed by atoms with Crippen molar-refractivity contribution in [2.24, 2.45) is 0 Å². The van der Waals surface area contributed by atoms with Crippen LogP contribution < -0.4 is 26.2 Å². The summed E-state index contributed by atoms with van der Waals surface area (Å²) in [5, 5.41) is 1.06. The van der Waals surface area contributed by atoms with Gasteiger partial charge < -0.3 is 9.80 Å². The lowest BCUT2D eigenvalue weighted by Crippen LogP contribution is -2.61. The van der Waals surface area contributed by atoms with Gasteiger partial charge in [0.1, 0.15) is 5.01 Å². The molecule has 0 aliphatic carbocycles. The van der Waals surface area contributed by atoms with Crippen molar-refractivity contribution in [3.63, 3.8) is 0 Å². The zero-order valence-electron chi connectivity index (χ0n) is 46.6. The number of aromatic nitrogens is 1. The molecule has 2 aliphatic heterocycles. The molecule has 0 radical (unpaired) electrons. The third-order valence-corrected chi connectivity index (χ3v) is 16.2. The largest absolute Gasteiger partial charge is 0.311 e. The average Bonchev–Trinajstić information content (AvgIpc) is 3.66. The van der Waals surface area contributed by atoms with Gasteiger partial charge in [0.25, 0.3) is 6.71 Å². The lowest BCUT2D eigenvalue weighted by atomic mass is 9.33. The first-order valence-corrected chi connectivity index (χ1v) is 26.7. The van der Waals surface area contributed by atoms with E-state index in [2.05, 4.69) is 258 Å². The van der Waals surface area contributed by atoms with E-state index in [1.807, 2.05) is 11.3 Å². The van der Waals surface area contributed by atoms with Crippen LogP contribution in [0.25, 0.3) is 20.8 Å². The molecule has 6 aromatic carbocycles. The van der Waals surface area contributed by atoms with Gasteiger partial charge >= 0.3 is 0 Å². The fourth-order valence-corrected chi connectivity index (χ4v) is 11.3. The van der Waals surface area contributed by atoms with Crippen LogP contribution >= 0.6 is 11.3 Å². The highest BCUT2D eigenvalue weighted by Gasteiger charge is 2.45. The molecule has 0 N–H and O–H groups in total. The molecular formula is C65H80BN3S. The van der Waals surface area contributed by atoms with Crippen molar-refractivity contribution in [3.05, 3.63) is 142 Å². The number of hydrogen-bond donors (Lipinski definition) is 0. The minimum absolute atomic E-state index is 0.0272. The number of thiazole rings is 1. The van der Waals surface area contributed by atoms with Crippen LogP contribution in [0, 0.1) is 0 Å². The Labute approximate surface area is 427 Å². The predicted molar refractivity (Wildman–Crippen MR) is 310 cm³/mol. The summed E-state index contributed by atoms with van der Waals surface area (Å²) in [6, 6.07) is 41.4. The Morgan fingerprint density at radius 1 is 0.357 bits per heavy atom. The van der Waals surface area contributed by atoms with Gasteiger partial charge in [0.05, 0.1) is 10.2 Å². The van der Waals surface area contributed by atoms with Crippen LogP contribution in [0.1, 0.15) is 184 Å². The number of nitrogens with zero attached hydrogens (tertiary/aromatic N) is 3. The van der Waals surface area contributed by atoms with Crippen molar-refractivity contribution >= 4 is 78.8 Å². The summed E-state index contributed by atoms with van der Waals surface area (Å²) >= 11 is 1.82. The highest BCUT2D eigenvalue weighted by Crippen LogP contribution is 2.50. The molecule has 364 valence electrons. The number of anilines is 6. The van der Waals surface area contributed by atoms with Gasteiger partial charge in [-0.2, -0.15) is 0 Å². The molecule has 2 aliphatic rings. The first-order valence-electron chi connectivity index (χ1n) is 25.9. The monoisotopic (exact) mass is 946 g/mol. The molecule has 70 heavy (non-hydrogen) atoms. The van der Waals surface area contributed by atoms with E-state index in [0.29, 0.717) is 0 Å². The maximum atomic E-state index is 5.50. The van der Waals surface area contributed by atoms with Gasteiger partial charge in [-0.3, -0.25) is 0 Å². The highest BCUT2D eigenvalue weighted by molar-refractivity contribution is 7.21. The number of rotatable bonds is 3. The number of hydrogen-bond acceptors (Lipinski definition) is 4. The second-order valence-electron chi connectivity index (χ2n) is 28.1. The van der Waals surface area contributed by atoms with Gasteiger partial charge in [-0.15, -0.1) is 11.3 Å². The summed E-state index contributed by atoms with van der Waals surface area (Å²) < 4.78 is 1.22. The van der Waals surface area contributed by atoms with Gasteiger partial charge in [0.2, 0.25) is 0 Å². The van der Waals surface area contributed by atoms with E-state index in [9.17, 15) is 0 Å². The summed E-state index contributed by atoms with van der Waals surface area (Å²) in [6.07, 6.45) is 0. The summed E-state index contributed by atoms with van der Waals surface area (Å²) in [5.41, 5.74) is 22.6. The van der Waals surface area contributed by atoms with Crippen LogP contribution in [0.3, 0.4) is 0 Å². The van der Waals surface area contributed by atoms with Crippen molar-refractivity contribution in [3.8, 4) is 10.6 Å². The van der Waals surface area contributed by atoms with Gasteiger partial charge in [-0.25, -0.2) is 4.98 Å². The Morgan fingerprint density at radius 3 is 1.17 bits per heavy atom. The molecule has 0 atom stereocenters. The lowest BCUT2D eigenvalue weighted by molar-refractivity contribution is 0.568. The zero-order valence-corrected chi connectivity index (χ0v) is 47.5. The molecule has 0 amide bonds. The first kappa shape index (κ1) is 49.8. The second-order valence-corrected chi connectivity index (χ2v) is 29.1. The third-order valence-electron chi connectivity index (χ3n) is 15.1. The Bertz CT molecular complexity index is 3120. The van der Waals surface area contributed by atoms with Crippen LogP contribution in [-0.4, -0.2) is 11.7 Å². The SMILES string of the molecule is CC(C)(C)c1ccc(-c2nc3cc4c(cc3s2)B2c3cc(C(C)(C)C)ccc3N(c3cc(C(C)(C)C)cc(C(C)(C)C)c3)c3cc(C(C)(C)C)cc(c32)N4c2cc(C(C)(C)C)cc(C(C)(C)C)c2)cc1. The molecule has 7 aromatic rings. The van der Waals surface area contributed by atoms with Crippen molar-refractivity contribution in [2.75, 3.05) is 9.80 Å².